The predicted octanol–water partition coefficient (Wildman–Crippen LogP) is 5.67. The first kappa shape index (κ1) is 24.7. The van der Waals surface area contributed by atoms with Crippen LogP contribution in [0.3, 0.4) is 0 Å². The average molecular weight is 470 g/mol. The Labute approximate surface area is 202 Å². The summed E-state index contributed by atoms with van der Waals surface area (Å²) in [5.41, 5.74) is 3.10. The van der Waals surface area contributed by atoms with Crippen molar-refractivity contribution in [2.24, 2.45) is 0 Å². The monoisotopic (exact) mass is 470 g/mol. The number of rotatable bonds is 10. The van der Waals surface area contributed by atoms with Crippen LogP contribution in [-0.4, -0.2) is 23.1 Å². The first-order chi connectivity index (χ1) is 16.9. The van der Waals surface area contributed by atoms with E-state index in [1.807, 2.05) is 6.07 Å². The summed E-state index contributed by atoms with van der Waals surface area (Å²) in [6.45, 7) is 3.89. The van der Waals surface area contributed by atoms with Crippen LogP contribution < -0.4 is 9.47 Å². The second-order valence-corrected chi connectivity index (χ2v) is 7.47. The van der Waals surface area contributed by atoms with Gasteiger partial charge in [-0.15, -0.1) is 6.58 Å². The number of carbonyl (C=O) groups is 1. The molecule has 0 aromatic heterocycles. The highest BCUT2D eigenvalue weighted by Gasteiger charge is 2.14. The van der Waals surface area contributed by atoms with Crippen LogP contribution in [0.5, 0.6) is 11.5 Å². The third-order valence-electron chi connectivity index (χ3n) is 5.12. The summed E-state index contributed by atoms with van der Waals surface area (Å²) in [7, 11) is 1.50. The second kappa shape index (κ2) is 11.3. The number of aromatic carboxylic acids is 1. The molecule has 0 aliphatic carbocycles. The Morgan fingerprint density at radius 1 is 1.17 bits per heavy atom. The van der Waals surface area contributed by atoms with E-state index >= 15 is 0 Å². The zero-order valence-corrected chi connectivity index (χ0v) is 18.9. The molecular formula is C27H22N2O6. The van der Waals surface area contributed by atoms with Crippen molar-refractivity contribution >= 4 is 23.3 Å². The number of ether oxygens (including phenoxy) is 2. The minimum absolute atomic E-state index is 0.0229. The van der Waals surface area contributed by atoms with Gasteiger partial charge in [-0.05, 0) is 53.5 Å². The maximum atomic E-state index is 11.1. The predicted molar refractivity (Wildman–Crippen MR) is 131 cm³/mol. The quantitative estimate of drug-likeness (QED) is 0.133. The SMILES string of the molecule is C=CCc1cc(/C=C(\C#N)c2ccc(C(=O)O)cc2)cc(OC)c1OCc1cccc([N+](=O)[O-])c1. The number of non-ortho nitro benzene ring substituents is 1. The van der Waals surface area contributed by atoms with Crippen LogP contribution in [0.25, 0.3) is 11.6 Å². The van der Waals surface area contributed by atoms with Crippen molar-refractivity contribution in [2.45, 2.75) is 13.0 Å². The summed E-state index contributed by atoms with van der Waals surface area (Å²) in [6.07, 6.45) is 3.84. The molecule has 0 radical (unpaired) electrons. The lowest BCUT2D eigenvalue weighted by molar-refractivity contribution is -0.384. The van der Waals surface area contributed by atoms with E-state index in [0.717, 1.165) is 5.56 Å². The van der Waals surface area contributed by atoms with Crippen LogP contribution >= 0.6 is 0 Å². The van der Waals surface area contributed by atoms with E-state index in [9.17, 15) is 20.2 Å². The molecule has 1 N–H and O–H groups in total. The molecule has 3 aromatic rings. The highest BCUT2D eigenvalue weighted by molar-refractivity contribution is 5.92. The number of carboxylic acid groups (broad SMARTS) is 1. The van der Waals surface area contributed by atoms with Gasteiger partial charge in [-0.25, -0.2) is 4.79 Å². The average Bonchev–Trinajstić information content (AvgIpc) is 2.86. The standard InChI is InChI=1S/C27H22N2O6/c1-3-5-22-12-19(13-23(16-28)20-8-10-21(11-9-20)27(30)31)15-25(34-2)26(22)35-17-18-6-4-7-24(14-18)29(32)33/h3-4,6-15H,1,5,17H2,2H3,(H,30,31)/b23-13+. The molecule has 0 fully saturated rings. The Morgan fingerprint density at radius 2 is 1.89 bits per heavy atom. The van der Waals surface area contributed by atoms with Gasteiger partial charge >= 0.3 is 5.97 Å². The van der Waals surface area contributed by atoms with E-state index in [1.54, 1.807) is 42.5 Å². The van der Waals surface area contributed by atoms with Gasteiger partial charge in [0.05, 0.1) is 29.2 Å². The molecule has 8 nitrogen and oxygen atoms in total. The zero-order chi connectivity index (χ0) is 25.4. The third-order valence-corrected chi connectivity index (χ3v) is 5.12. The second-order valence-electron chi connectivity index (χ2n) is 7.47. The smallest absolute Gasteiger partial charge is 0.335 e. The lowest BCUT2D eigenvalue weighted by Crippen LogP contribution is -2.02. The van der Waals surface area contributed by atoms with E-state index < -0.39 is 10.9 Å². The topological polar surface area (TPSA) is 123 Å². The number of carboxylic acids is 1. The van der Waals surface area contributed by atoms with Gasteiger partial charge in [0, 0.05) is 17.7 Å². The normalized spacial score (nSPS) is 10.8. The lowest BCUT2D eigenvalue weighted by atomic mass is 10.00. The van der Waals surface area contributed by atoms with Crippen molar-refractivity contribution in [2.75, 3.05) is 7.11 Å². The highest BCUT2D eigenvalue weighted by Crippen LogP contribution is 2.35. The van der Waals surface area contributed by atoms with Crippen molar-refractivity contribution in [3.63, 3.8) is 0 Å². The molecule has 0 spiro atoms. The molecule has 8 heteroatoms. The third kappa shape index (κ3) is 6.12. The molecule has 0 bridgehead atoms. The van der Waals surface area contributed by atoms with Crippen LogP contribution in [0, 0.1) is 21.4 Å². The summed E-state index contributed by atoms with van der Waals surface area (Å²) in [6, 6.07) is 17.9. The first-order valence-electron chi connectivity index (χ1n) is 10.5. The van der Waals surface area contributed by atoms with Gasteiger partial charge in [-0.2, -0.15) is 5.26 Å². The number of nitrogens with zero attached hydrogens (tertiary/aromatic N) is 2. The Morgan fingerprint density at radius 3 is 2.49 bits per heavy atom. The minimum Gasteiger partial charge on any atom is -0.493 e. The number of nitro benzene ring substituents is 1. The first-order valence-corrected chi connectivity index (χ1v) is 10.5. The number of nitro groups is 1. The Balaban J connectivity index is 1.96. The number of allylic oxidation sites excluding steroid dienone is 2. The molecule has 0 saturated heterocycles. The molecule has 0 aliphatic heterocycles. The van der Waals surface area contributed by atoms with E-state index in [-0.39, 0.29) is 17.9 Å². The summed E-state index contributed by atoms with van der Waals surface area (Å²) < 4.78 is 11.5. The molecule has 0 heterocycles. The fourth-order valence-electron chi connectivity index (χ4n) is 3.44. The molecule has 0 atom stereocenters. The molecular weight excluding hydrogens is 448 g/mol. The van der Waals surface area contributed by atoms with Gasteiger partial charge < -0.3 is 14.6 Å². The van der Waals surface area contributed by atoms with Gasteiger partial charge in [-0.3, -0.25) is 10.1 Å². The van der Waals surface area contributed by atoms with Gasteiger partial charge in [0.2, 0.25) is 0 Å². The van der Waals surface area contributed by atoms with Gasteiger partial charge in [0.1, 0.15) is 6.61 Å². The molecule has 176 valence electrons. The summed E-state index contributed by atoms with van der Waals surface area (Å²) in [4.78, 5) is 21.7. The fraction of sp³-hybridized carbons (Fsp3) is 0.111. The minimum atomic E-state index is -1.04. The fourth-order valence-corrected chi connectivity index (χ4v) is 3.44. The maximum Gasteiger partial charge on any atom is 0.335 e. The van der Waals surface area contributed by atoms with E-state index in [1.165, 1.54) is 31.4 Å². The highest BCUT2D eigenvalue weighted by atomic mass is 16.6. The largest absolute Gasteiger partial charge is 0.493 e. The van der Waals surface area contributed by atoms with Crippen LogP contribution in [-0.2, 0) is 13.0 Å². The molecule has 3 rings (SSSR count). The van der Waals surface area contributed by atoms with Crippen LogP contribution in [0.4, 0.5) is 5.69 Å². The van der Waals surface area contributed by atoms with Crippen LogP contribution in [0.2, 0.25) is 0 Å². The Hall–Kier alpha value is -4.90. The molecule has 0 unspecified atom stereocenters. The zero-order valence-electron chi connectivity index (χ0n) is 18.9. The van der Waals surface area contributed by atoms with Crippen molar-refractivity contribution in [1.29, 1.82) is 5.26 Å². The van der Waals surface area contributed by atoms with Crippen molar-refractivity contribution in [3.05, 3.63) is 111 Å². The molecule has 0 amide bonds. The maximum absolute atomic E-state index is 11.1. The number of benzene rings is 3. The van der Waals surface area contributed by atoms with E-state index in [2.05, 4.69) is 12.6 Å². The van der Waals surface area contributed by atoms with Crippen LogP contribution in [0.1, 0.15) is 32.6 Å². The molecule has 0 saturated carbocycles. The van der Waals surface area contributed by atoms with Crippen molar-refractivity contribution < 1.29 is 24.3 Å². The Kier molecular flexibility index (Phi) is 7.98. The molecule has 0 aliphatic rings. The number of methoxy groups -OCH3 is 1. The van der Waals surface area contributed by atoms with Crippen molar-refractivity contribution in [1.82, 2.24) is 0 Å². The molecule has 35 heavy (non-hydrogen) atoms. The molecule has 3 aromatic carbocycles. The number of hydrogen-bond acceptors (Lipinski definition) is 6. The lowest BCUT2D eigenvalue weighted by Gasteiger charge is -2.16. The summed E-state index contributed by atoms with van der Waals surface area (Å²) >= 11 is 0. The summed E-state index contributed by atoms with van der Waals surface area (Å²) in [5.74, 6) is -0.140. The van der Waals surface area contributed by atoms with Gasteiger partial charge in [0.25, 0.3) is 5.69 Å². The van der Waals surface area contributed by atoms with Crippen molar-refractivity contribution in [3.8, 4) is 17.6 Å². The van der Waals surface area contributed by atoms with Gasteiger partial charge in [0.15, 0.2) is 11.5 Å². The number of nitriles is 1. The van der Waals surface area contributed by atoms with E-state index in [4.69, 9.17) is 14.6 Å². The van der Waals surface area contributed by atoms with Crippen LogP contribution in [0.15, 0.2) is 73.3 Å². The number of hydrogen-bond donors (Lipinski definition) is 1. The Bertz CT molecular complexity index is 1340. The van der Waals surface area contributed by atoms with Gasteiger partial charge in [-0.1, -0.05) is 30.3 Å². The van der Waals surface area contributed by atoms with E-state index in [0.29, 0.717) is 40.2 Å². The summed E-state index contributed by atoms with van der Waals surface area (Å²) in [5, 5.41) is 29.8.